The standard InChI is InChI=1S/C22H27FN6O3/c1-13-15(9-26-27-13)8-25-21(30)18-12-29(11-14-3-5-16(23)6-4-14)20-10-24-19(7-17(18)20)22(31)28-32-2/h7,9-10,12,14,16H,3-6,8,11H2,1-2H3,(H,25,30)(H,26,27)(H,28,31)/p+1. The number of amides is 2. The molecule has 1 aliphatic heterocycles. The van der Waals surface area contributed by atoms with E-state index in [9.17, 15) is 14.0 Å². The molecular weight excluding hydrogens is 415 g/mol. The predicted octanol–water partition coefficient (Wildman–Crippen LogP) is 1.42. The molecule has 170 valence electrons. The van der Waals surface area contributed by atoms with Crippen LogP contribution in [-0.2, 0) is 11.4 Å². The van der Waals surface area contributed by atoms with Crippen LogP contribution in [0.25, 0.3) is 10.9 Å². The summed E-state index contributed by atoms with van der Waals surface area (Å²) in [5.74, 6) is -0.401. The van der Waals surface area contributed by atoms with Gasteiger partial charge >= 0.3 is 0 Å². The third kappa shape index (κ3) is 4.71. The lowest BCUT2D eigenvalue weighted by Crippen LogP contribution is -2.73. The summed E-state index contributed by atoms with van der Waals surface area (Å²) in [5.41, 5.74) is 7.35. The summed E-state index contributed by atoms with van der Waals surface area (Å²) in [6.45, 7) is 2.98. The van der Waals surface area contributed by atoms with Crippen LogP contribution >= 0.6 is 0 Å². The molecule has 10 heteroatoms. The number of alkyl halides is 1. The van der Waals surface area contributed by atoms with E-state index in [0.717, 1.165) is 29.6 Å². The first-order valence-electron chi connectivity index (χ1n) is 10.8. The van der Waals surface area contributed by atoms with Crippen molar-refractivity contribution >= 4 is 28.9 Å². The van der Waals surface area contributed by atoms with Crippen molar-refractivity contribution in [3.63, 3.8) is 0 Å². The smallest absolute Gasteiger partial charge is 0.293 e. The summed E-state index contributed by atoms with van der Waals surface area (Å²) in [4.78, 5) is 34.2. The van der Waals surface area contributed by atoms with E-state index in [1.54, 1.807) is 30.1 Å². The van der Waals surface area contributed by atoms with Gasteiger partial charge in [-0.3, -0.25) is 14.4 Å². The van der Waals surface area contributed by atoms with Crippen LogP contribution < -0.4 is 16.2 Å². The highest BCUT2D eigenvalue weighted by atomic mass is 19.1. The van der Waals surface area contributed by atoms with Gasteiger partial charge in [0.05, 0.1) is 42.7 Å². The highest BCUT2D eigenvalue weighted by molar-refractivity contribution is 6.08. The Morgan fingerprint density at radius 2 is 2.06 bits per heavy atom. The second-order valence-corrected chi connectivity index (χ2v) is 8.33. The fourth-order valence-corrected chi connectivity index (χ4v) is 4.25. The van der Waals surface area contributed by atoms with E-state index in [2.05, 4.69) is 20.9 Å². The lowest BCUT2D eigenvalue weighted by Gasteiger charge is -2.24. The molecule has 32 heavy (non-hydrogen) atoms. The van der Waals surface area contributed by atoms with Crippen LogP contribution in [0, 0.1) is 5.92 Å². The topological polar surface area (TPSA) is 114 Å². The molecule has 9 nitrogen and oxygen atoms in total. The minimum atomic E-state index is -0.716. The number of fused-ring (bicyclic) bond motifs is 1. The number of allylic oxidation sites excluding steroid dienone is 1. The molecule has 0 saturated heterocycles. The van der Waals surface area contributed by atoms with Gasteiger partial charge in [-0.25, -0.2) is 14.9 Å². The Labute approximate surface area is 185 Å². The van der Waals surface area contributed by atoms with Gasteiger partial charge in [-0.15, -0.1) is 0 Å². The van der Waals surface area contributed by atoms with Gasteiger partial charge in [-0.1, -0.05) is 5.10 Å². The van der Waals surface area contributed by atoms with E-state index >= 15 is 0 Å². The number of halogens is 1. The lowest BCUT2D eigenvalue weighted by molar-refractivity contribution is -0.608. The number of hydrogen-bond acceptors (Lipinski definition) is 5. The summed E-state index contributed by atoms with van der Waals surface area (Å²) >= 11 is 0. The SMILES string of the molecule is CONC(=O)c1cc2c(C(=O)NCC3=C(C)[NH2+]N=C3)cn(CC3CCC(F)CC3)c2cn1. The van der Waals surface area contributed by atoms with E-state index in [1.165, 1.54) is 7.11 Å². The van der Waals surface area contributed by atoms with Crippen molar-refractivity contribution in [3.8, 4) is 0 Å². The minimum Gasteiger partial charge on any atom is -0.348 e. The van der Waals surface area contributed by atoms with E-state index in [-0.39, 0.29) is 11.6 Å². The first kappa shape index (κ1) is 22.1. The number of hydroxylamine groups is 1. The molecule has 0 unspecified atom stereocenters. The molecule has 1 aliphatic carbocycles. The van der Waals surface area contributed by atoms with Crippen LogP contribution in [-0.4, -0.2) is 47.4 Å². The number of nitrogens with two attached hydrogens (primary N) is 1. The maximum atomic E-state index is 13.5. The monoisotopic (exact) mass is 443 g/mol. The second-order valence-electron chi connectivity index (χ2n) is 8.33. The number of quaternary nitrogens is 1. The Morgan fingerprint density at radius 3 is 2.75 bits per heavy atom. The Hall–Kier alpha value is -3.11. The Kier molecular flexibility index (Phi) is 6.61. The molecule has 0 spiro atoms. The molecule has 0 atom stereocenters. The van der Waals surface area contributed by atoms with Crippen molar-refractivity contribution in [3.05, 3.63) is 41.0 Å². The van der Waals surface area contributed by atoms with E-state index in [0.29, 0.717) is 42.8 Å². The molecule has 4 rings (SSSR count). The van der Waals surface area contributed by atoms with Gasteiger partial charge in [0.1, 0.15) is 17.6 Å². The zero-order valence-electron chi connectivity index (χ0n) is 18.2. The molecule has 2 aromatic rings. The molecule has 0 radical (unpaired) electrons. The highest BCUT2D eigenvalue weighted by Gasteiger charge is 2.24. The van der Waals surface area contributed by atoms with Crippen molar-refractivity contribution in [2.75, 3.05) is 13.7 Å². The summed E-state index contributed by atoms with van der Waals surface area (Å²) in [6.07, 6.45) is 7.19. The predicted molar refractivity (Wildman–Crippen MR) is 117 cm³/mol. The number of nitrogens with one attached hydrogen (secondary N) is 2. The number of carbonyl (C=O) groups excluding carboxylic acids is 2. The summed E-state index contributed by atoms with van der Waals surface area (Å²) in [6, 6.07) is 1.60. The van der Waals surface area contributed by atoms with Gasteiger partial charge in [0.2, 0.25) is 0 Å². The molecule has 4 N–H and O–H groups in total. The second kappa shape index (κ2) is 9.58. The van der Waals surface area contributed by atoms with E-state index in [4.69, 9.17) is 4.84 Å². The van der Waals surface area contributed by atoms with Crippen molar-refractivity contribution in [2.45, 2.75) is 45.3 Å². The zero-order valence-corrected chi connectivity index (χ0v) is 18.2. The van der Waals surface area contributed by atoms with Gasteiger partial charge in [-0.05, 0) is 37.7 Å². The molecule has 0 aromatic carbocycles. The molecule has 2 amide bonds. The Morgan fingerprint density at radius 1 is 1.28 bits per heavy atom. The highest BCUT2D eigenvalue weighted by Crippen LogP contribution is 2.30. The summed E-state index contributed by atoms with van der Waals surface area (Å²) < 4.78 is 15.5. The zero-order chi connectivity index (χ0) is 22.7. The normalized spacial score (nSPS) is 20.7. The number of rotatable bonds is 7. The van der Waals surface area contributed by atoms with Crippen LogP contribution in [0.2, 0.25) is 0 Å². The molecule has 0 bridgehead atoms. The van der Waals surface area contributed by atoms with E-state index < -0.39 is 12.1 Å². The van der Waals surface area contributed by atoms with Crippen molar-refractivity contribution < 1.29 is 24.2 Å². The van der Waals surface area contributed by atoms with Crippen molar-refractivity contribution in [1.29, 1.82) is 0 Å². The number of hydrogen-bond donors (Lipinski definition) is 3. The fraction of sp³-hybridized carbons (Fsp3) is 0.455. The first-order chi connectivity index (χ1) is 15.5. The van der Waals surface area contributed by atoms with Gasteiger partial charge < -0.3 is 9.88 Å². The van der Waals surface area contributed by atoms with Crippen LogP contribution in [0.3, 0.4) is 0 Å². The third-order valence-corrected chi connectivity index (χ3v) is 6.12. The van der Waals surface area contributed by atoms with Crippen LogP contribution in [0.4, 0.5) is 4.39 Å². The average Bonchev–Trinajstić information content (AvgIpc) is 3.36. The Balaban J connectivity index is 1.63. The first-order valence-corrected chi connectivity index (χ1v) is 10.8. The van der Waals surface area contributed by atoms with Gasteiger partial charge in [0.15, 0.2) is 0 Å². The number of pyridine rings is 1. The quantitative estimate of drug-likeness (QED) is 0.444. The number of aromatic nitrogens is 2. The number of nitrogens with zero attached hydrogens (tertiary/aromatic N) is 3. The maximum absolute atomic E-state index is 13.5. The van der Waals surface area contributed by atoms with Gasteiger partial charge in [0.25, 0.3) is 11.8 Å². The van der Waals surface area contributed by atoms with Gasteiger partial charge in [0, 0.05) is 25.1 Å². The third-order valence-electron chi connectivity index (χ3n) is 6.12. The van der Waals surface area contributed by atoms with Crippen molar-refractivity contribution in [1.82, 2.24) is 20.3 Å². The number of carbonyl (C=O) groups is 2. The maximum Gasteiger partial charge on any atom is 0.293 e. The largest absolute Gasteiger partial charge is 0.348 e. The summed E-state index contributed by atoms with van der Waals surface area (Å²) in [7, 11) is 1.35. The molecule has 3 heterocycles. The van der Waals surface area contributed by atoms with E-state index in [1.807, 2.05) is 11.5 Å². The molecule has 1 fully saturated rings. The fourth-order valence-electron chi connectivity index (χ4n) is 4.25. The van der Waals surface area contributed by atoms with Gasteiger partial charge in [-0.2, -0.15) is 5.43 Å². The Bertz CT molecular complexity index is 1080. The van der Waals surface area contributed by atoms with Crippen LogP contribution in [0.1, 0.15) is 53.5 Å². The average molecular weight is 444 g/mol. The van der Waals surface area contributed by atoms with Crippen LogP contribution in [0.5, 0.6) is 0 Å². The molecular formula is C22H28FN6O3+. The lowest BCUT2D eigenvalue weighted by atomic mass is 9.88. The van der Waals surface area contributed by atoms with Crippen molar-refractivity contribution in [2.24, 2.45) is 11.0 Å². The molecule has 2 aliphatic rings. The molecule has 2 aromatic heterocycles. The summed E-state index contributed by atoms with van der Waals surface area (Å²) in [5, 5.41) is 7.68. The molecule has 1 saturated carbocycles. The van der Waals surface area contributed by atoms with Crippen LogP contribution in [0.15, 0.2) is 34.8 Å². The minimum absolute atomic E-state index is 0.153.